The molecule has 6 heteroatoms. The predicted octanol–water partition coefficient (Wildman–Crippen LogP) is 0.578. The molecule has 0 saturated carbocycles. The molecule has 2 rings (SSSR count). The van der Waals surface area contributed by atoms with E-state index in [1.807, 2.05) is 0 Å². The molecule has 0 spiro atoms. The molecule has 0 amide bonds. The minimum Gasteiger partial charge on any atom is -0.493 e. The van der Waals surface area contributed by atoms with E-state index in [0.717, 1.165) is 0 Å². The molecule has 6 nitrogen and oxygen atoms in total. The first-order valence-corrected chi connectivity index (χ1v) is 4.61. The zero-order valence-corrected chi connectivity index (χ0v) is 8.93. The number of aromatic amines is 1. The van der Waals surface area contributed by atoms with Crippen molar-refractivity contribution in [1.82, 2.24) is 14.8 Å². The average molecular weight is 221 g/mol. The van der Waals surface area contributed by atoms with Crippen LogP contribution in [-0.2, 0) is 0 Å². The first-order valence-electron chi connectivity index (χ1n) is 4.61. The van der Waals surface area contributed by atoms with Gasteiger partial charge in [-0.3, -0.25) is 0 Å². The lowest BCUT2D eigenvalue weighted by Gasteiger charge is -2.11. The van der Waals surface area contributed by atoms with Gasteiger partial charge in [-0.1, -0.05) is 6.07 Å². The van der Waals surface area contributed by atoms with E-state index < -0.39 is 0 Å². The maximum atomic E-state index is 11.4. The van der Waals surface area contributed by atoms with Crippen LogP contribution >= 0.6 is 0 Å². The predicted molar refractivity (Wildman–Crippen MR) is 57.3 cm³/mol. The van der Waals surface area contributed by atoms with Gasteiger partial charge in [-0.2, -0.15) is 5.10 Å². The Morgan fingerprint density at radius 2 is 2.12 bits per heavy atom. The largest absolute Gasteiger partial charge is 0.493 e. The maximum absolute atomic E-state index is 11.4. The van der Waals surface area contributed by atoms with Crippen LogP contribution in [0.2, 0.25) is 0 Å². The summed E-state index contributed by atoms with van der Waals surface area (Å²) in [5.41, 5.74) is 0.257. The van der Waals surface area contributed by atoms with Gasteiger partial charge in [0.1, 0.15) is 6.33 Å². The topological polar surface area (TPSA) is 69.1 Å². The van der Waals surface area contributed by atoms with Gasteiger partial charge < -0.3 is 9.47 Å². The number of nitrogens with one attached hydrogen (secondary N) is 1. The molecule has 0 aliphatic carbocycles. The number of hydrogen-bond donors (Lipinski definition) is 1. The Hall–Kier alpha value is -2.24. The lowest BCUT2D eigenvalue weighted by Crippen LogP contribution is -2.15. The van der Waals surface area contributed by atoms with Crippen molar-refractivity contribution in [2.45, 2.75) is 0 Å². The number of benzene rings is 1. The zero-order chi connectivity index (χ0) is 11.5. The van der Waals surface area contributed by atoms with Crippen molar-refractivity contribution >= 4 is 0 Å². The monoisotopic (exact) mass is 221 g/mol. The summed E-state index contributed by atoms with van der Waals surface area (Å²) in [5, 5.41) is 5.98. The van der Waals surface area contributed by atoms with Crippen molar-refractivity contribution in [2.75, 3.05) is 14.2 Å². The summed E-state index contributed by atoms with van der Waals surface area (Å²) in [7, 11) is 3.06. The number of ether oxygens (including phenoxy) is 2. The number of hydrogen-bond acceptors (Lipinski definition) is 4. The molecule has 1 N–H and O–H groups in total. The van der Waals surface area contributed by atoms with Crippen LogP contribution in [0.4, 0.5) is 0 Å². The molecule has 0 aliphatic heterocycles. The van der Waals surface area contributed by atoms with Gasteiger partial charge >= 0.3 is 5.69 Å². The standard InChI is InChI=1S/C10H11N3O3/c1-15-8-5-3-4-7(9(8)16-2)13-6-11-12-10(13)14/h3-6H,1-2H3,(H,12,14). The number of methoxy groups -OCH3 is 2. The Kier molecular flexibility index (Phi) is 2.63. The van der Waals surface area contributed by atoms with Crippen LogP contribution in [0.15, 0.2) is 29.3 Å². The van der Waals surface area contributed by atoms with E-state index in [0.29, 0.717) is 17.2 Å². The number of para-hydroxylation sites is 1. The van der Waals surface area contributed by atoms with Crippen molar-refractivity contribution < 1.29 is 9.47 Å². The number of nitrogens with zero attached hydrogens (tertiary/aromatic N) is 2. The summed E-state index contributed by atoms with van der Waals surface area (Å²) >= 11 is 0. The first-order chi connectivity index (χ1) is 7.77. The van der Waals surface area contributed by atoms with Crippen LogP contribution in [-0.4, -0.2) is 29.0 Å². The summed E-state index contributed by atoms with van der Waals surface area (Å²) in [6, 6.07) is 5.28. The maximum Gasteiger partial charge on any atom is 0.347 e. The first kappa shape index (κ1) is 10.3. The quantitative estimate of drug-likeness (QED) is 0.823. The Balaban J connectivity index is 2.65. The molecule has 0 radical (unpaired) electrons. The fraction of sp³-hybridized carbons (Fsp3) is 0.200. The smallest absolute Gasteiger partial charge is 0.347 e. The summed E-state index contributed by atoms with van der Waals surface area (Å²) in [6.45, 7) is 0. The molecular formula is C10H11N3O3. The second kappa shape index (κ2) is 4.09. The van der Waals surface area contributed by atoms with Crippen LogP contribution in [0, 0.1) is 0 Å². The van der Waals surface area contributed by atoms with Crippen molar-refractivity contribution in [1.29, 1.82) is 0 Å². The van der Waals surface area contributed by atoms with Crippen LogP contribution in [0.5, 0.6) is 11.5 Å². The molecular weight excluding hydrogens is 210 g/mol. The number of H-pyrrole nitrogens is 1. The summed E-state index contributed by atoms with van der Waals surface area (Å²) < 4.78 is 11.7. The average Bonchev–Trinajstić information content (AvgIpc) is 2.74. The van der Waals surface area contributed by atoms with Crippen LogP contribution in [0.25, 0.3) is 5.69 Å². The van der Waals surface area contributed by atoms with E-state index in [2.05, 4.69) is 10.2 Å². The molecule has 2 aromatic rings. The Morgan fingerprint density at radius 1 is 1.31 bits per heavy atom. The van der Waals surface area contributed by atoms with Gasteiger partial charge in [-0.25, -0.2) is 14.5 Å². The molecule has 0 saturated heterocycles. The van der Waals surface area contributed by atoms with Crippen LogP contribution in [0.1, 0.15) is 0 Å². The highest BCUT2D eigenvalue weighted by molar-refractivity contribution is 5.55. The fourth-order valence-corrected chi connectivity index (χ4v) is 1.48. The van der Waals surface area contributed by atoms with Crippen molar-refractivity contribution in [3.8, 4) is 17.2 Å². The molecule has 1 aromatic carbocycles. The second-order valence-electron chi connectivity index (χ2n) is 3.04. The third-order valence-corrected chi connectivity index (χ3v) is 2.19. The van der Waals surface area contributed by atoms with Gasteiger partial charge in [0.2, 0.25) is 0 Å². The SMILES string of the molecule is COc1cccc(-n2cn[nH]c2=O)c1OC. The molecule has 0 fully saturated rings. The van der Waals surface area contributed by atoms with E-state index in [1.54, 1.807) is 25.3 Å². The highest BCUT2D eigenvalue weighted by Crippen LogP contribution is 2.32. The van der Waals surface area contributed by atoms with Gasteiger partial charge in [0.25, 0.3) is 0 Å². The minimum absolute atomic E-state index is 0.327. The van der Waals surface area contributed by atoms with Gasteiger partial charge in [-0.05, 0) is 12.1 Å². The summed E-state index contributed by atoms with van der Waals surface area (Å²) in [4.78, 5) is 11.4. The Labute approximate surface area is 91.4 Å². The molecule has 1 aromatic heterocycles. The van der Waals surface area contributed by atoms with Gasteiger partial charge in [0.15, 0.2) is 11.5 Å². The third-order valence-electron chi connectivity index (χ3n) is 2.19. The molecule has 0 atom stereocenters. The third kappa shape index (κ3) is 1.54. The molecule has 16 heavy (non-hydrogen) atoms. The van der Waals surface area contributed by atoms with E-state index in [1.165, 1.54) is 18.0 Å². The van der Waals surface area contributed by atoms with Gasteiger partial charge in [0, 0.05) is 0 Å². The number of rotatable bonds is 3. The van der Waals surface area contributed by atoms with E-state index in [-0.39, 0.29) is 5.69 Å². The Morgan fingerprint density at radius 3 is 2.69 bits per heavy atom. The van der Waals surface area contributed by atoms with Crippen LogP contribution < -0.4 is 15.2 Å². The van der Waals surface area contributed by atoms with Crippen LogP contribution in [0.3, 0.4) is 0 Å². The highest BCUT2D eigenvalue weighted by Gasteiger charge is 2.12. The molecule has 0 bridgehead atoms. The van der Waals surface area contributed by atoms with Gasteiger partial charge in [-0.15, -0.1) is 0 Å². The molecule has 0 aliphatic rings. The summed E-state index contributed by atoms with van der Waals surface area (Å²) in [5.74, 6) is 1.06. The fourth-order valence-electron chi connectivity index (χ4n) is 1.48. The van der Waals surface area contributed by atoms with Gasteiger partial charge in [0.05, 0.1) is 19.9 Å². The molecule has 1 heterocycles. The number of aromatic nitrogens is 3. The second-order valence-corrected chi connectivity index (χ2v) is 3.04. The van der Waals surface area contributed by atoms with Crippen molar-refractivity contribution in [2.24, 2.45) is 0 Å². The zero-order valence-electron chi connectivity index (χ0n) is 8.93. The minimum atomic E-state index is -0.327. The lowest BCUT2D eigenvalue weighted by molar-refractivity contribution is 0.353. The van der Waals surface area contributed by atoms with Crippen molar-refractivity contribution in [3.63, 3.8) is 0 Å². The van der Waals surface area contributed by atoms with Crippen molar-refractivity contribution in [3.05, 3.63) is 35.0 Å². The highest BCUT2D eigenvalue weighted by atomic mass is 16.5. The Bertz CT molecular complexity index is 544. The van der Waals surface area contributed by atoms with E-state index in [4.69, 9.17) is 9.47 Å². The normalized spacial score (nSPS) is 10.1. The van der Waals surface area contributed by atoms with E-state index in [9.17, 15) is 4.79 Å². The lowest BCUT2D eigenvalue weighted by atomic mass is 10.2. The molecule has 0 unspecified atom stereocenters. The molecule has 84 valence electrons. The summed E-state index contributed by atoms with van der Waals surface area (Å²) in [6.07, 6.45) is 1.39. The van der Waals surface area contributed by atoms with E-state index >= 15 is 0 Å².